The maximum atomic E-state index is 13.4. The Labute approximate surface area is 158 Å². The van der Waals surface area contributed by atoms with Gasteiger partial charge in [-0.1, -0.05) is 24.3 Å². The van der Waals surface area contributed by atoms with E-state index in [4.69, 9.17) is 4.74 Å². The fraction of sp³-hybridized carbons (Fsp3) is 0.409. The molecule has 1 unspecified atom stereocenters. The molecule has 1 N–H and O–H groups in total. The summed E-state index contributed by atoms with van der Waals surface area (Å²) in [4.78, 5) is 14.3. The number of fused-ring (bicyclic) bond motifs is 1. The van der Waals surface area contributed by atoms with E-state index in [1.807, 2.05) is 6.07 Å². The van der Waals surface area contributed by atoms with Crippen LogP contribution in [0.5, 0.6) is 0 Å². The normalized spacial score (nSPS) is 22.1. The number of hydrogen-bond donors (Lipinski definition) is 1. The second kappa shape index (κ2) is 6.64. The zero-order chi connectivity index (χ0) is 18.4. The van der Waals surface area contributed by atoms with Crippen molar-refractivity contribution in [1.82, 2.24) is 5.32 Å². The Balaban J connectivity index is 1.24. The topological polar surface area (TPSA) is 41.6 Å². The molecule has 0 spiro atoms. The third-order valence-corrected chi connectivity index (χ3v) is 6.09. The molecule has 0 aromatic heterocycles. The summed E-state index contributed by atoms with van der Waals surface area (Å²) in [5.41, 5.74) is 4.75. The van der Waals surface area contributed by atoms with Crippen LogP contribution in [0.15, 0.2) is 42.5 Å². The van der Waals surface area contributed by atoms with Crippen LogP contribution in [0.3, 0.4) is 0 Å². The van der Waals surface area contributed by atoms with Crippen molar-refractivity contribution in [1.29, 1.82) is 0 Å². The standard InChI is InChI=1S/C22H23FN2O2/c23-18-2-1-3-19(9-18)25-12-17(13-25)14-4-6-20-15(8-14)5-7-21(20)27-22(26)16-10-24-11-16/h1-4,6,8-9,16-17,21,24H,5,7,10-13H2. The van der Waals surface area contributed by atoms with Crippen LogP contribution in [0.1, 0.15) is 35.1 Å². The number of rotatable bonds is 4. The maximum absolute atomic E-state index is 13.4. The van der Waals surface area contributed by atoms with E-state index in [2.05, 4.69) is 28.4 Å². The Morgan fingerprint density at radius 3 is 2.74 bits per heavy atom. The van der Waals surface area contributed by atoms with Crippen molar-refractivity contribution in [3.8, 4) is 0 Å². The molecule has 27 heavy (non-hydrogen) atoms. The second-order valence-electron chi connectivity index (χ2n) is 7.86. The number of halogens is 1. The van der Waals surface area contributed by atoms with Gasteiger partial charge in [0.2, 0.25) is 0 Å². The zero-order valence-corrected chi connectivity index (χ0v) is 15.2. The average Bonchev–Trinajstić information content (AvgIpc) is 2.94. The summed E-state index contributed by atoms with van der Waals surface area (Å²) in [5, 5.41) is 3.11. The molecule has 5 rings (SSSR count). The van der Waals surface area contributed by atoms with Crippen molar-refractivity contribution in [3.63, 3.8) is 0 Å². The first-order valence-electron chi connectivity index (χ1n) is 9.72. The molecule has 2 aliphatic heterocycles. The molecule has 0 saturated carbocycles. The Bertz CT molecular complexity index is 874. The van der Waals surface area contributed by atoms with Gasteiger partial charge in [-0.05, 0) is 47.7 Å². The molecule has 1 aliphatic carbocycles. The fourth-order valence-corrected chi connectivity index (χ4v) is 4.24. The number of ether oxygens (including phenoxy) is 1. The van der Waals surface area contributed by atoms with Gasteiger partial charge in [-0.3, -0.25) is 4.79 Å². The molecular weight excluding hydrogens is 343 g/mol. The highest BCUT2D eigenvalue weighted by atomic mass is 19.1. The highest BCUT2D eigenvalue weighted by Crippen LogP contribution is 2.38. The van der Waals surface area contributed by atoms with Gasteiger partial charge in [-0.2, -0.15) is 0 Å². The molecule has 140 valence electrons. The van der Waals surface area contributed by atoms with Gasteiger partial charge in [0.1, 0.15) is 11.9 Å². The largest absolute Gasteiger partial charge is 0.457 e. The van der Waals surface area contributed by atoms with Crippen molar-refractivity contribution in [2.75, 3.05) is 31.1 Å². The molecular formula is C22H23FN2O2. The lowest BCUT2D eigenvalue weighted by molar-refractivity contribution is -0.156. The van der Waals surface area contributed by atoms with E-state index >= 15 is 0 Å². The highest BCUT2D eigenvalue weighted by Gasteiger charge is 2.33. The lowest BCUT2D eigenvalue weighted by atomic mass is 9.89. The second-order valence-corrected chi connectivity index (χ2v) is 7.86. The molecule has 2 fully saturated rings. The number of nitrogens with zero attached hydrogens (tertiary/aromatic N) is 1. The Morgan fingerprint density at radius 1 is 1.15 bits per heavy atom. The van der Waals surface area contributed by atoms with Gasteiger partial charge in [0, 0.05) is 37.8 Å². The molecule has 0 radical (unpaired) electrons. The van der Waals surface area contributed by atoms with Crippen LogP contribution in [-0.2, 0) is 16.0 Å². The van der Waals surface area contributed by atoms with E-state index in [9.17, 15) is 9.18 Å². The number of carbonyl (C=O) groups excluding carboxylic acids is 1. The first-order valence-corrected chi connectivity index (χ1v) is 9.72. The third kappa shape index (κ3) is 3.10. The SMILES string of the molecule is O=C(OC1CCc2cc(C3CN(c4cccc(F)c4)C3)ccc21)C1CNC1. The van der Waals surface area contributed by atoms with E-state index in [0.717, 1.165) is 44.7 Å². The van der Waals surface area contributed by atoms with Gasteiger partial charge in [0.15, 0.2) is 0 Å². The predicted octanol–water partition coefficient (Wildman–Crippen LogP) is 3.18. The van der Waals surface area contributed by atoms with Crippen molar-refractivity contribution in [3.05, 3.63) is 65.0 Å². The minimum absolute atomic E-state index is 0.0251. The molecule has 3 aliphatic rings. The Hall–Kier alpha value is -2.40. The van der Waals surface area contributed by atoms with Gasteiger partial charge >= 0.3 is 5.97 Å². The molecule has 4 nitrogen and oxygen atoms in total. The van der Waals surface area contributed by atoms with Gasteiger partial charge in [0.05, 0.1) is 5.92 Å². The number of hydrogen-bond acceptors (Lipinski definition) is 4. The minimum atomic E-state index is -0.188. The summed E-state index contributed by atoms with van der Waals surface area (Å²) in [6, 6.07) is 13.4. The smallest absolute Gasteiger partial charge is 0.312 e. The number of nitrogens with one attached hydrogen (secondary N) is 1. The summed E-state index contributed by atoms with van der Waals surface area (Å²) in [6.07, 6.45) is 1.75. The van der Waals surface area contributed by atoms with Crippen molar-refractivity contribution < 1.29 is 13.9 Å². The molecule has 0 amide bonds. The van der Waals surface area contributed by atoms with Crippen molar-refractivity contribution in [2.24, 2.45) is 5.92 Å². The summed E-state index contributed by atoms with van der Waals surface area (Å²) in [7, 11) is 0. The summed E-state index contributed by atoms with van der Waals surface area (Å²) >= 11 is 0. The van der Waals surface area contributed by atoms with E-state index in [0.29, 0.717) is 5.92 Å². The number of benzene rings is 2. The van der Waals surface area contributed by atoms with Crippen LogP contribution in [0, 0.1) is 11.7 Å². The number of esters is 1. The number of anilines is 1. The number of aryl methyl sites for hydroxylation is 1. The molecule has 2 aromatic rings. The lowest BCUT2D eigenvalue weighted by Crippen LogP contribution is -2.47. The monoisotopic (exact) mass is 366 g/mol. The van der Waals surface area contributed by atoms with E-state index in [1.165, 1.54) is 22.8 Å². The van der Waals surface area contributed by atoms with E-state index in [1.54, 1.807) is 12.1 Å². The maximum Gasteiger partial charge on any atom is 0.312 e. The van der Waals surface area contributed by atoms with Gasteiger partial charge in [0.25, 0.3) is 0 Å². The van der Waals surface area contributed by atoms with Crippen LogP contribution in [0.25, 0.3) is 0 Å². The molecule has 2 heterocycles. The minimum Gasteiger partial charge on any atom is -0.457 e. The van der Waals surface area contributed by atoms with Crippen LogP contribution >= 0.6 is 0 Å². The Kier molecular flexibility index (Phi) is 4.12. The van der Waals surface area contributed by atoms with Crippen LogP contribution in [0.2, 0.25) is 0 Å². The quantitative estimate of drug-likeness (QED) is 0.844. The van der Waals surface area contributed by atoms with Gasteiger partial charge < -0.3 is 15.0 Å². The zero-order valence-electron chi connectivity index (χ0n) is 15.2. The lowest BCUT2D eigenvalue weighted by Gasteiger charge is -2.41. The number of carbonyl (C=O) groups is 1. The van der Waals surface area contributed by atoms with E-state index < -0.39 is 0 Å². The third-order valence-electron chi connectivity index (χ3n) is 6.09. The predicted molar refractivity (Wildman–Crippen MR) is 101 cm³/mol. The van der Waals surface area contributed by atoms with Gasteiger partial charge in [-0.15, -0.1) is 0 Å². The van der Waals surface area contributed by atoms with Crippen LogP contribution in [-0.4, -0.2) is 32.1 Å². The van der Waals surface area contributed by atoms with Gasteiger partial charge in [-0.25, -0.2) is 4.39 Å². The molecule has 5 heteroatoms. The molecule has 2 saturated heterocycles. The average molecular weight is 366 g/mol. The van der Waals surface area contributed by atoms with Crippen molar-refractivity contribution >= 4 is 11.7 Å². The summed E-state index contributed by atoms with van der Waals surface area (Å²) in [5.74, 6) is 0.241. The molecule has 1 atom stereocenters. The molecule has 2 aromatic carbocycles. The first-order chi connectivity index (χ1) is 13.2. The Morgan fingerprint density at radius 2 is 2.00 bits per heavy atom. The van der Waals surface area contributed by atoms with Crippen molar-refractivity contribution in [2.45, 2.75) is 24.9 Å². The highest BCUT2D eigenvalue weighted by molar-refractivity contribution is 5.74. The van der Waals surface area contributed by atoms with Crippen LogP contribution in [0.4, 0.5) is 10.1 Å². The molecule has 0 bridgehead atoms. The fourth-order valence-electron chi connectivity index (χ4n) is 4.24. The first kappa shape index (κ1) is 16.8. The summed E-state index contributed by atoms with van der Waals surface area (Å²) < 4.78 is 19.1. The van der Waals surface area contributed by atoms with E-state index in [-0.39, 0.29) is 23.8 Å². The van der Waals surface area contributed by atoms with Crippen LogP contribution < -0.4 is 10.2 Å². The summed E-state index contributed by atoms with van der Waals surface area (Å²) in [6.45, 7) is 3.30.